The van der Waals surface area contributed by atoms with Crippen molar-refractivity contribution < 1.29 is 33.4 Å². The van der Waals surface area contributed by atoms with Gasteiger partial charge in [-0.1, -0.05) is 57.0 Å². The zero-order valence-corrected chi connectivity index (χ0v) is 43.4. The molecule has 2 saturated carbocycles. The zero-order valence-electron chi connectivity index (χ0n) is 43.4. The van der Waals surface area contributed by atoms with E-state index in [-0.39, 0.29) is 79.2 Å². The number of pyridine rings is 1. The summed E-state index contributed by atoms with van der Waals surface area (Å²) in [4.78, 5) is 81.0. The van der Waals surface area contributed by atoms with Crippen molar-refractivity contribution in [3.05, 3.63) is 77.6 Å². The average Bonchev–Trinajstić information content (AvgIpc) is 4.22. The highest BCUT2D eigenvalue weighted by Crippen LogP contribution is 2.46. The third-order valence-electron chi connectivity index (χ3n) is 17.5. The topological polar surface area (TPSA) is 177 Å². The Hall–Kier alpha value is -5.64. The summed E-state index contributed by atoms with van der Waals surface area (Å²) in [5, 5.41) is 9.36. The Morgan fingerprint density at radius 2 is 1.73 bits per heavy atom. The number of carbonyl (C=O) groups excluding carboxylic acids is 5. The molecule has 6 bridgehead atoms. The first-order valence-electron chi connectivity index (χ1n) is 27.4. The lowest BCUT2D eigenvalue weighted by molar-refractivity contribution is -0.150. The largest absolute Gasteiger partial charge is 0.465 e. The zero-order chi connectivity index (χ0) is 50.8. The molecule has 15 nitrogen and oxygen atoms in total. The van der Waals surface area contributed by atoms with E-state index in [4.69, 9.17) is 14.5 Å². The number of ether oxygens (including phenoxy) is 2. The standard InChI is InChI=1S/C58H74N8O7/c1-6-64-46-21-20-40-30-43(46)44(52(64)42-17-10-24-59-48(42)35(2)72-5)32-57(3,4)34-73-47(67)31-41-16-11-25-66(62-41)54(69)45(29-36-12-9-15-39(40)28-36)60-53(68)51(38-13-7-8-14-38)65-27-23-58(56(65)71)22-26-63(33-58)55(70)50-49(61-50)37-18-19-37/h9-10,12,15,17,20-21,24,28,30,35,37-38,41,45,49-51,61-62H,6-8,11,13-14,16,18-19,22-23,25-27,29,31-34H2,1-5H3,(H,60,68)/t35-,41-,45-,49+,50+,51-,58-/m0/s1. The number of nitrogens with one attached hydrogen (secondary N) is 3. The van der Waals surface area contributed by atoms with Gasteiger partial charge in [0, 0.05) is 86.4 Å². The molecule has 4 saturated heterocycles. The van der Waals surface area contributed by atoms with E-state index in [0.29, 0.717) is 70.7 Å². The van der Waals surface area contributed by atoms with E-state index in [0.717, 1.165) is 75.8 Å². The first-order valence-corrected chi connectivity index (χ1v) is 27.4. The third kappa shape index (κ3) is 9.70. The van der Waals surface area contributed by atoms with Crippen LogP contribution in [0.15, 0.2) is 60.8 Å². The fourth-order valence-electron chi connectivity index (χ4n) is 13.3. The lowest BCUT2D eigenvalue weighted by Gasteiger charge is -2.37. The molecule has 0 unspecified atom stereocenters. The predicted molar refractivity (Wildman–Crippen MR) is 277 cm³/mol. The van der Waals surface area contributed by atoms with Crippen molar-refractivity contribution in [3.63, 3.8) is 0 Å². The summed E-state index contributed by atoms with van der Waals surface area (Å²) in [5.74, 6) is -0.321. The van der Waals surface area contributed by atoms with Gasteiger partial charge < -0.3 is 29.2 Å². The molecule has 0 radical (unpaired) electrons. The van der Waals surface area contributed by atoms with Crippen LogP contribution in [0.1, 0.15) is 121 Å². The van der Waals surface area contributed by atoms with Crippen LogP contribution < -0.4 is 16.1 Å². The summed E-state index contributed by atoms with van der Waals surface area (Å²) in [7, 11) is 1.70. The van der Waals surface area contributed by atoms with Crippen LogP contribution in [0.25, 0.3) is 33.3 Å². The van der Waals surface area contributed by atoms with Gasteiger partial charge in [0.15, 0.2) is 0 Å². The number of esters is 1. The molecule has 388 valence electrons. The van der Waals surface area contributed by atoms with E-state index in [2.05, 4.69) is 77.8 Å². The lowest BCUT2D eigenvalue weighted by Crippen LogP contribution is -2.61. The van der Waals surface area contributed by atoms with Gasteiger partial charge in [0.1, 0.15) is 18.1 Å². The van der Waals surface area contributed by atoms with E-state index in [1.807, 2.05) is 41.1 Å². The molecule has 73 heavy (non-hydrogen) atoms. The molecule has 4 aromatic rings. The average molecular weight is 995 g/mol. The number of aromatic nitrogens is 2. The Bertz CT molecular complexity index is 2800. The fraction of sp³-hybridized carbons (Fsp3) is 0.586. The van der Waals surface area contributed by atoms with Crippen LogP contribution in [-0.2, 0) is 52.8 Å². The fourth-order valence-corrected chi connectivity index (χ4v) is 13.3. The molecule has 7 heterocycles. The van der Waals surface area contributed by atoms with Gasteiger partial charge >= 0.3 is 5.97 Å². The monoisotopic (exact) mass is 995 g/mol. The number of benzene rings is 2. The molecule has 2 aromatic heterocycles. The quantitative estimate of drug-likeness (QED) is 0.112. The van der Waals surface area contributed by atoms with Crippen molar-refractivity contribution in [1.82, 2.24) is 40.4 Å². The summed E-state index contributed by atoms with van der Waals surface area (Å²) >= 11 is 0. The number of methoxy groups -OCH3 is 1. The second-order valence-corrected chi connectivity index (χ2v) is 23.3. The van der Waals surface area contributed by atoms with E-state index in [9.17, 15) is 14.4 Å². The van der Waals surface area contributed by atoms with Crippen LogP contribution in [0.3, 0.4) is 0 Å². The number of rotatable bonds is 10. The van der Waals surface area contributed by atoms with Crippen LogP contribution >= 0.6 is 0 Å². The Balaban J connectivity index is 0.929. The van der Waals surface area contributed by atoms with Gasteiger partial charge in [-0.3, -0.25) is 39.3 Å². The van der Waals surface area contributed by atoms with Gasteiger partial charge in [-0.25, -0.2) is 5.43 Å². The van der Waals surface area contributed by atoms with Crippen molar-refractivity contribution >= 4 is 40.5 Å². The molecule has 7 atom stereocenters. The summed E-state index contributed by atoms with van der Waals surface area (Å²) in [6, 6.07) is 17.0. The van der Waals surface area contributed by atoms with Crippen molar-refractivity contribution in [2.24, 2.45) is 22.7 Å². The normalized spacial score (nSPS) is 27.5. The minimum absolute atomic E-state index is 0.0420. The third-order valence-corrected chi connectivity index (χ3v) is 17.5. The van der Waals surface area contributed by atoms with Crippen LogP contribution in [0.2, 0.25) is 0 Å². The van der Waals surface area contributed by atoms with Gasteiger partial charge in [0.2, 0.25) is 17.7 Å². The van der Waals surface area contributed by atoms with Crippen molar-refractivity contribution in [3.8, 4) is 22.4 Å². The van der Waals surface area contributed by atoms with E-state index < -0.39 is 22.9 Å². The Morgan fingerprint density at radius 1 is 0.932 bits per heavy atom. The second kappa shape index (κ2) is 19.9. The number of cyclic esters (lactones) is 1. The molecule has 2 aromatic carbocycles. The summed E-state index contributed by atoms with van der Waals surface area (Å²) in [6.45, 7) is 11.2. The van der Waals surface area contributed by atoms with E-state index in [1.165, 1.54) is 12.8 Å². The number of aryl methyl sites for hydroxylation is 1. The first-order chi connectivity index (χ1) is 35.2. The molecule has 4 amide bonds. The smallest absolute Gasteiger partial charge is 0.307 e. The van der Waals surface area contributed by atoms with Crippen molar-refractivity contribution in [2.45, 2.75) is 154 Å². The number of carbonyl (C=O) groups is 5. The highest BCUT2D eigenvalue weighted by molar-refractivity contribution is 5.97. The molecule has 15 heteroatoms. The van der Waals surface area contributed by atoms with Crippen molar-refractivity contribution in [2.75, 3.05) is 39.9 Å². The maximum absolute atomic E-state index is 15.2. The van der Waals surface area contributed by atoms with E-state index in [1.54, 1.807) is 12.1 Å². The molecule has 7 aliphatic rings. The Kier molecular flexibility index (Phi) is 13.5. The van der Waals surface area contributed by atoms with Gasteiger partial charge in [-0.05, 0) is 130 Å². The minimum atomic E-state index is -0.970. The molecular weight excluding hydrogens is 921 g/mol. The number of likely N-dealkylation sites (tertiary alicyclic amines) is 2. The summed E-state index contributed by atoms with van der Waals surface area (Å²) in [5.41, 5.74) is 10.2. The highest BCUT2D eigenvalue weighted by Gasteiger charge is 2.58. The number of hydrazine groups is 1. The number of nitrogens with zero attached hydrogens (tertiary/aromatic N) is 5. The molecule has 3 N–H and O–H groups in total. The van der Waals surface area contributed by atoms with Crippen molar-refractivity contribution in [1.29, 1.82) is 0 Å². The molecule has 2 aliphatic carbocycles. The van der Waals surface area contributed by atoms with E-state index >= 15 is 9.59 Å². The molecule has 1 spiro atoms. The SMILES string of the molecule is CCn1c(-c2cccnc2[C@H](C)OC)c2c3cc(ccc31)-c1cccc(c1)C[C@H](NC(=O)[C@H](C1CCCC1)N1CC[C@]3(CCN(C(=O)[C@@H]4N[C@@H]4C4CC4)C3)C1=O)C(=O)N1CCC[C@@H](CC(=O)OCC(C)(C)C2)N1. The van der Waals surface area contributed by atoms with Crippen LogP contribution in [0.5, 0.6) is 0 Å². The molecular formula is C58H74N8O7. The molecule has 11 rings (SSSR count). The second-order valence-electron chi connectivity index (χ2n) is 23.3. The molecule has 6 fully saturated rings. The first kappa shape index (κ1) is 49.6. The summed E-state index contributed by atoms with van der Waals surface area (Å²) < 4.78 is 14.3. The van der Waals surface area contributed by atoms with Crippen LogP contribution in [-0.4, -0.2) is 124 Å². The lowest BCUT2D eigenvalue weighted by atomic mass is 9.84. The maximum atomic E-state index is 15.2. The Labute approximate surface area is 429 Å². The van der Waals surface area contributed by atoms with Gasteiger partial charge in [0.25, 0.3) is 5.91 Å². The number of hydrogen-bond donors (Lipinski definition) is 3. The minimum Gasteiger partial charge on any atom is -0.465 e. The number of amides is 4. The maximum Gasteiger partial charge on any atom is 0.307 e. The Morgan fingerprint density at radius 3 is 2.51 bits per heavy atom. The van der Waals surface area contributed by atoms with Crippen LogP contribution in [0, 0.1) is 22.7 Å². The highest BCUT2D eigenvalue weighted by atomic mass is 16.5. The van der Waals surface area contributed by atoms with Gasteiger partial charge in [-0.15, -0.1) is 0 Å². The summed E-state index contributed by atoms with van der Waals surface area (Å²) in [6.07, 6.45) is 11.0. The number of hydrogen-bond acceptors (Lipinski definition) is 10. The van der Waals surface area contributed by atoms with Gasteiger partial charge in [0.05, 0.1) is 35.9 Å². The van der Waals surface area contributed by atoms with Crippen LogP contribution in [0.4, 0.5) is 0 Å². The van der Waals surface area contributed by atoms with Gasteiger partial charge in [-0.2, -0.15) is 0 Å². The number of fused-ring (bicyclic) bond motifs is 6. The molecule has 5 aliphatic heterocycles. The predicted octanol–water partition coefficient (Wildman–Crippen LogP) is 6.90.